The topological polar surface area (TPSA) is 66.9 Å². The number of hydrogen-bond donors (Lipinski definition) is 2. The Kier molecular flexibility index (Phi) is 4.67. The summed E-state index contributed by atoms with van der Waals surface area (Å²) in [5, 5.41) is 5.62. The van der Waals surface area contributed by atoms with E-state index in [1.807, 2.05) is 30.3 Å². The quantitative estimate of drug-likeness (QED) is 0.743. The first kappa shape index (κ1) is 15.9. The van der Waals surface area contributed by atoms with Crippen LogP contribution in [0.3, 0.4) is 0 Å². The summed E-state index contributed by atoms with van der Waals surface area (Å²) in [6, 6.07) is 14.9. The van der Waals surface area contributed by atoms with Gasteiger partial charge in [-0.2, -0.15) is 0 Å². The van der Waals surface area contributed by atoms with E-state index in [-0.39, 0.29) is 10.7 Å². The van der Waals surface area contributed by atoms with Gasteiger partial charge in [-0.15, -0.1) is 0 Å². The summed E-state index contributed by atoms with van der Waals surface area (Å²) in [5.41, 5.74) is 1.39. The summed E-state index contributed by atoms with van der Waals surface area (Å²) in [6.45, 7) is 0. The molecule has 1 aromatic heterocycles. The first-order chi connectivity index (χ1) is 11.6. The summed E-state index contributed by atoms with van der Waals surface area (Å²) in [5.74, 6) is -0.513. The Morgan fingerprint density at radius 1 is 1.00 bits per heavy atom. The van der Waals surface area contributed by atoms with Gasteiger partial charge >= 0.3 is 0 Å². The smallest absolute Gasteiger partial charge is 0.274 e. The van der Waals surface area contributed by atoms with Crippen LogP contribution in [0, 0.1) is 5.82 Å². The van der Waals surface area contributed by atoms with E-state index in [1.165, 1.54) is 30.6 Å². The number of halogens is 2. The molecule has 0 spiro atoms. The van der Waals surface area contributed by atoms with E-state index >= 15 is 0 Å². The van der Waals surface area contributed by atoms with Gasteiger partial charge in [0.2, 0.25) is 0 Å². The number of carbonyl (C=O) groups excluding carboxylic acids is 1. The number of rotatable bonds is 4. The van der Waals surface area contributed by atoms with E-state index in [0.717, 1.165) is 5.69 Å². The Morgan fingerprint density at radius 2 is 1.79 bits per heavy atom. The van der Waals surface area contributed by atoms with Crippen molar-refractivity contribution in [1.82, 2.24) is 9.97 Å². The van der Waals surface area contributed by atoms with Crippen molar-refractivity contribution >= 4 is 34.7 Å². The third-order valence-corrected chi connectivity index (χ3v) is 3.41. The lowest BCUT2D eigenvalue weighted by molar-refractivity contribution is 0.102. The maximum absolute atomic E-state index is 13.1. The molecule has 0 unspecified atom stereocenters. The number of benzene rings is 2. The van der Waals surface area contributed by atoms with Crippen LogP contribution in [0.4, 0.5) is 21.6 Å². The van der Waals surface area contributed by atoms with Crippen molar-refractivity contribution in [2.24, 2.45) is 0 Å². The van der Waals surface area contributed by atoms with Crippen LogP contribution in [0.15, 0.2) is 60.9 Å². The van der Waals surface area contributed by atoms with E-state index < -0.39 is 11.7 Å². The number of amides is 1. The number of carbonyl (C=O) groups is 1. The maximum Gasteiger partial charge on any atom is 0.274 e. The first-order valence-electron chi connectivity index (χ1n) is 7.02. The van der Waals surface area contributed by atoms with Gasteiger partial charge in [-0.25, -0.2) is 14.4 Å². The molecule has 0 aliphatic heterocycles. The van der Waals surface area contributed by atoms with Crippen LogP contribution in [-0.4, -0.2) is 15.9 Å². The van der Waals surface area contributed by atoms with Crippen LogP contribution >= 0.6 is 11.6 Å². The molecule has 0 radical (unpaired) electrons. The third kappa shape index (κ3) is 3.85. The number of aromatic nitrogens is 2. The fraction of sp³-hybridized carbons (Fsp3) is 0. The highest BCUT2D eigenvalue weighted by molar-refractivity contribution is 6.31. The molecular formula is C17H12ClFN4O. The van der Waals surface area contributed by atoms with Gasteiger partial charge < -0.3 is 10.6 Å². The van der Waals surface area contributed by atoms with E-state index in [2.05, 4.69) is 20.6 Å². The molecule has 0 fully saturated rings. The molecule has 0 atom stereocenters. The lowest BCUT2D eigenvalue weighted by Crippen LogP contribution is -2.14. The fourth-order valence-corrected chi connectivity index (χ4v) is 2.17. The first-order valence-corrected chi connectivity index (χ1v) is 7.40. The number of nitrogens with zero attached hydrogens (tertiary/aromatic N) is 2. The second-order valence-electron chi connectivity index (χ2n) is 4.86. The van der Waals surface area contributed by atoms with E-state index in [0.29, 0.717) is 11.5 Å². The van der Waals surface area contributed by atoms with Crippen molar-refractivity contribution in [3.05, 3.63) is 77.5 Å². The predicted octanol–water partition coefficient (Wildman–Crippen LogP) is 4.27. The van der Waals surface area contributed by atoms with E-state index in [9.17, 15) is 9.18 Å². The molecule has 0 saturated carbocycles. The summed E-state index contributed by atoms with van der Waals surface area (Å²) >= 11 is 5.70. The normalized spacial score (nSPS) is 10.2. The monoisotopic (exact) mass is 342 g/mol. The predicted molar refractivity (Wildman–Crippen MR) is 91.1 cm³/mol. The Morgan fingerprint density at radius 3 is 2.54 bits per heavy atom. The third-order valence-electron chi connectivity index (χ3n) is 3.12. The summed E-state index contributed by atoms with van der Waals surface area (Å²) in [4.78, 5) is 20.3. The van der Waals surface area contributed by atoms with Gasteiger partial charge in [0.25, 0.3) is 5.91 Å². The zero-order chi connectivity index (χ0) is 16.9. The number of para-hydroxylation sites is 1. The summed E-state index contributed by atoms with van der Waals surface area (Å²) in [7, 11) is 0. The molecule has 3 aromatic rings. The molecule has 1 amide bonds. The number of hydrogen-bond acceptors (Lipinski definition) is 4. The highest BCUT2D eigenvalue weighted by Crippen LogP contribution is 2.20. The van der Waals surface area contributed by atoms with Crippen molar-refractivity contribution in [1.29, 1.82) is 0 Å². The maximum atomic E-state index is 13.1. The standard InChI is InChI=1S/C17H12ClFN4O/c18-13-8-12(6-7-14(13)19)23-17(24)15-9-16(21-10-20-15)22-11-4-2-1-3-5-11/h1-10H,(H,23,24)(H,20,21,22). The molecule has 2 aromatic carbocycles. The van der Waals surface area contributed by atoms with Crippen LogP contribution in [0.1, 0.15) is 10.5 Å². The molecule has 24 heavy (non-hydrogen) atoms. The average molecular weight is 343 g/mol. The molecule has 3 rings (SSSR count). The van der Waals surface area contributed by atoms with Crippen LogP contribution in [0.25, 0.3) is 0 Å². The molecule has 0 aliphatic carbocycles. The Labute approximate surface area is 142 Å². The molecule has 120 valence electrons. The lowest BCUT2D eigenvalue weighted by atomic mass is 10.3. The van der Waals surface area contributed by atoms with Gasteiger partial charge in [-0.05, 0) is 30.3 Å². The molecule has 5 nitrogen and oxygen atoms in total. The van der Waals surface area contributed by atoms with Gasteiger partial charge in [0.05, 0.1) is 5.02 Å². The minimum atomic E-state index is -0.550. The Hall–Kier alpha value is -2.99. The second kappa shape index (κ2) is 7.06. The van der Waals surface area contributed by atoms with Crippen molar-refractivity contribution in [2.75, 3.05) is 10.6 Å². The molecule has 2 N–H and O–H groups in total. The minimum absolute atomic E-state index is 0.0677. The van der Waals surface area contributed by atoms with Crippen molar-refractivity contribution in [2.45, 2.75) is 0 Å². The minimum Gasteiger partial charge on any atom is -0.340 e. The van der Waals surface area contributed by atoms with Gasteiger partial charge in [0, 0.05) is 17.4 Å². The molecule has 1 heterocycles. The molecular weight excluding hydrogens is 331 g/mol. The molecule has 0 bridgehead atoms. The second-order valence-corrected chi connectivity index (χ2v) is 5.27. The van der Waals surface area contributed by atoms with Crippen molar-refractivity contribution in [3.8, 4) is 0 Å². The SMILES string of the molecule is O=C(Nc1ccc(F)c(Cl)c1)c1cc(Nc2ccccc2)ncn1. The molecule has 7 heteroatoms. The van der Waals surface area contributed by atoms with Gasteiger partial charge in [-0.3, -0.25) is 4.79 Å². The van der Waals surface area contributed by atoms with Crippen LogP contribution in [0.5, 0.6) is 0 Å². The Balaban J connectivity index is 1.75. The van der Waals surface area contributed by atoms with Gasteiger partial charge in [-0.1, -0.05) is 29.8 Å². The lowest BCUT2D eigenvalue weighted by Gasteiger charge is -2.08. The van der Waals surface area contributed by atoms with Crippen molar-refractivity contribution in [3.63, 3.8) is 0 Å². The summed E-state index contributed by atoms with van der Waals surface area (Å²) < 4.78 is 13.1. The van der Waals surface area contributed by atoms with Crippen LogP contribution in [-0.2, 0) is 0 Å². The van der Waals surface area contributed by atoms with Crippen LogP contribution in [0.2, 0.25) is 5.02 Å². The van der Waals surface area contributed by atoms with Gasteiger partial charge in [0.1, 0.15) is 23.7 Å². The fourth-order valence-electron chi connectivity index (χ4n) is 1.99. The van der Waals surface area contributed by atoms with Crippen molar-refractivity contribution < 1.29 is 9.18 Å². The van der Waals surface area contributed by atoms with Gasteiger partial charge in [0.15, 0.2) is 0 Å². The largest absolute Gasteiger partial charge is 0.340 e. The highest BCUT2D eigenvalue weighted by Gasteiger charge is 2.10. The summed E-state index contributed by atoms with van der Waals surface area (Å²) in [6.07, 6.45) is 1.29. The average Bonchev–Trinajstić information content (AvgIpc) is 2.59. The highest BCUT2D eigenvalue weighted by atomic mass is 35.5. The van der Waals surface area contributed by atoms with E-state index in [1.54, 1.807) is 0 Å². The zero-order valence-electron chi connectivity index (χ0n) is 12.3. The number of anilines is 3. The zero-order valence-corrected chi connectivity index (χ0v) is 13.1. The number of nitrogens with one attached hydrogen (secondary N) is 2. The Bertz CT molecular complexity index is 873. The van der Waals surface area contributed by atoms with Crippen LogP contribution < -0.4 is 10.6 Å². The molecule has 0 aliphatic rings. The van der Waals surface area contributed by atoms with E-state index in [4.69, 9.17) is 11.6 Å². The molecule has 0 saturated heterocycles.